The molecule has 0 bridgehead atoms. The first kappa shape index (κ1) is 9.46. The third-order valence-corrected chi connectivity index (χ3v) is 2.82. The van der Waals surface area contributed by atoms with Crippen LogP contribution in [0.3, 0.4) is 0 Å². The average molecular weight is 168 g/mol. The van der Waals surface area contributed by atoms with Gasteiger partial charge in [-0.2, -0.15) is 0 Å². The lowest BCUT2D eigenvalue weighted by Crippen LogP contribution is -2.15. The summed E-state index contributed by atoms with van der Waals surface area (Å²) in [6.07, 6.45) is 3.00. The van der Waals surface area contributed by atoms with Crippen LogP contribution in [-0.2, 0) is 4.79 Å². The SMILES string of the molecule is CC1=C(C=O)[C@H]([C@@H](C)CO)CC1. The summed E-state index contributed by atoms with van der Waals surface area (Å²) in [7, 11) is 0. The molecule has 2 atom stereocenters. The third-order valence-electron chi connectivity index (χ3n) is 2.82. The van der Waals surface area contributed by atoms with Gasteiger partial charge in [-0.15, -0.1) is 0 Å². The van der Waals surface area contributed by atoms with Crippen molar-refractivity contribution in [2.45, 2.75) is 26.7 Å². The molecule has 0 aromatic carbocycles. The van der Waals surface area contributed by atoms with E-state index in [1.54, 1.807) is 0 Å². The van der Waals surface area contributed by atoms with Crippen molar-refractivity contribution in [2.24, 2.45) is 11.8 Å². The van der Waals surface area contributed by atoms with Crippen LogP contribution in [0, 0.1) is 11.8 Å². The first-order valence-corrected chi connectivity index (χ1v) is 4.46. The fraction of sp³-hybridized carbons (Fsp3) is 0.700. The van der Waals surface area contributed by atoms with E-state index >= 15 is 0 Å². The first-order valence-electron chi connectivity index (χ1n) is 4.46. The second kappa shape index (κ2) is 3.85. The van der Waals surface area contributed by atoms with Gasteiger partial charge in [0.25, 0.3) is 0 Å². The minimum absolute atomic E-state index is 0.176. The van der Waals surface area contributed by atoms with Gasteiger partial charge in [0.1, 0.15) is 6.29 Å². The topological polar surface area (TPSA) is 37.3 Å². The van der Waals surface area contributed by atoms with Crippen LogP contribution < -0.4 is 0 Å². The molecule has 2 nitrogen and oxygen atoms in total. The van der Waals surface area contributed by atoms with Gasteiger partial charge < -0.3 is 5.11 Å². The summed E-state index contributed by atoms with van der Waals surface area (Å²) < 4.78 is 0. The van der Waals surface area contributed by atoms with Crippen molar-refractivity contribution < 1.29 is 9.90 Å². The van der Waals surface area contributed by atoms with Crippen LogP contribution >= 0.6 is 0 Å². The van der Waals surface area contributed by atoms with E-state index in [0.29, 0.717) is 5.92 Å². The lowest BCUT2D eigenvalue weighted by molar-refractivity contribution is -0.105. The fourth-order valence-corrected chi connectivity index (χ4v) is 1.89. The molecule has 1 rings (SSSR count). The van der Waals surface area contributed by atoms with Gasteiger partial charge in [0, 0.05) is 6.61 Å². The van der Waals surface area contributed by atoms with Crippen LogP contribution in [0.2, 0.25) is 0 Å². The van der Waals surface area contributed by atoms with Crippen LogP contribution in [0.5, 0.6) is 0 Å². The molecule has 0 heterocycles. The molecule has 0 saturated heterocycles. The Bertz CT molecular complexity index is 206. The number of carbonyl (C=O) groups excluding carboxylic acids is 1. The Labute approximate surface area is 73.3 Å². The summed E-state index contributed by atoms with van der Waals surface area (Å²) in [4.78, 5) is 10.7. The largest absolute Gasteiger partial charge is 0.396 e. The van der Waals surface area contributed by atoms with E-state index in [2.05, 4.69) is 0 Å². The van der Waals surface area contributed by atoms with E-state index < -0.39 is 0 Å². The Morgan fingerprint density at radius 3 is 2.92 bits per heavy atom. The minimum Gasteiger partial charge on any atom is -0.396 e. The summed E-state index contributed by atoms with van der Waals surface area (Å²) in [5, 5.41) is 8.96. The normalized spacial score (nSPS) is 26.1. The second-order valence-corrected chi connectivity index (χ2v) is 3.66. The number of aldehydes is 1. The van der Waals surface area contributed by atoms with Gasteiger partial charge in [0.2, 0.25) is 0 Å². The van der Waals surface area contributed by atoms with E-state index in [1.807, 2.05) is 13.8 Å². The monoisotopic (exact) mass is 168 g/mol. The standard InChI is InChI=1S/C10H16O2/c1-7-3-4-9(8(2)5-11)10(7)6-12/h6,8-9,11H,3-5H2,1-2H3/t8-,9-/m0/s1. The predicted octanol–water partition coefficient (Wildman–Crippen LogP) is 1.54. The highest BCUT2D eigenvalue weighted by atomic mass is 16.3. The maximum atomic E-state index is 10.7. The van der Waals surface area contributed by atoms with Gasteiger partial charge in [-0.05, 0) is 37.2 Å². The summed E-state index contributed by atoms with van der Waals surface area (Å²) in [5.74, 6) is 0.523. The number of rotatable bonds is 3. The molecule has 2 heteroatoms. The molecule has 1 aliphatic carbocycles. The molecule has 0 fully saturated rings. The molecule has 0 saturated carbocycles. The molecule has 0 aliphatic heterocycles. The average Bonchev–Trinajstić information content (AvgIpc) is 2.45. The van der Waals surface area contributed by atoms with Gasteiger partial charge in [0.05, 0.1) is 0 Å². The molecular weight excluding hydrogens is 152 g/mol. The van der Waals surface area contributed by atoms with Gasteiger partial charge in [0.15, 0.2) is 0 Å². The van der Waals surface area contributed by atoms with Crippen LogP contribution in [0.15, 0.2) is 11.1 Å². The molecule has 0 spiro atoms. The molecule has 0 aromatic heterocycles. The van der Waals surface area contributed by atoms with Crippen molar-refractivity contribution in [1.82, 2.24) is 0 Å². The van der Waals surface area contributed by atoms with Gasteiger partial charge in [-0.3, -0.25) is 4.79 Å². The van der Waals surface area contributed by atoms with Crippen molar-refractivity contribution >= 4 is 6.29 Å². The van der Waals surface area contributed by atoms with Crippen molar-refractivity contribution in [3.05, 3.63) is 11.1 Å². The van der Waals surface area contributed by atoms with Crippen molar-refractivity contribution in [3.63, 3.8) is 0 Å². The number of hydrogen-bond acceptors (Lipinski definition) is 2. The van der Waals surface area contributed by atoms with Crippen molar-refractivity contribution in [2.75, 3.05) is 6.61 Å². The highest BCUT2D eigenvalue weighted by Gasteiger charge is 2.26. The highest BCUT2D eigenvalue weighted by molar-refractivity contribution is 5.76. The predicted molar refractivity (Wildman–Crippen MR) is 47.7 cm³/mol. The Kier molecular flexibility index (Phi) is 3.04. The molecule has 12 heavy (non-hydrogen) atoms. The molecule has 0 radical (unpaired) electrons. The highest BCUT2D eigenvalue weighted by Crippen LogP contribution is 2.35. The van der Waals surface area contributed by atoms with Crippen LogP contribution in [-0.4, -0.2) is 18.0 Å². The van der Waals surface area contributed by atoms with Gasteiger partial charge >= 0.3 is 0 Å². The zero-order valence-corrected chi connectivity index (χ0v) is 7.71. The van der Waals surface area contributed by atoms with E-state index in [-0.39, 0.29) is 12.5 Å². The van der Waals surface area contributed by atoms with E-state index in [1.165, 1.54) is 5.57 Å². The summed E-state index contributed by atoms with van der Waals surface area (Å²) in [6, 6.07) is 0. The zero-order valence-electron chi connectivity index (χ0n) is 7.71. The summed E-state index contributed by atoms with van der Waals surface area (Å²) >= 11 is 0. The number of allylic oxidation sites excluding steroid dienone is 2. The molecule has 68 valence electrons. The minimum atomic E-state index is 0.176. The van der Waals surface area contributed by atoms with Crippen LogP contribution in [0.1, 0.15) is 26.7 Å². The zero-order chi connectivity index (χ0) is 9.14. The van der Waals surface area contributed by atoms with Gasteiger partial charge in [-0.25, -0.2) is 0 Å². The maximum absolute atomic E-state index is 10.7. The Morgan fingerprint density at radius 1 is 1.75 bits per heavy atom. The Balaban J connectivity index is 2.75. The van der Waals surface area contributed by atoms with E-state index in [0.717, 1.165) is 24.7 Å². The molecule has 1 N–H and O–H groups in total. The summed E-state index contributed by atoms with van der Waals surface area (Å²) in [5.41, 5.74) is 2.13. The van der Waals surface area contributed by atoms with Crippen molar-refractivity contribution in [1.29, 1.82) is 0 Å². The Morgan fingerprint density at radius 2 is 2.42 bits per heavy atom. The molecule has 0 amide bonds. The fourth-order valence-electron chi connectivity index (χ4n) is 1.89. The maximum Gasteiger partial charge on any atom is 0.146 e. The lowest BCUT2D eigenvalue weighted by atomic mass is 9.89. The Hall–Kier alpha value is -0.630. The molecule has 1 aliphatic rings. The number of aliphatic hydroxyl groups is 1. The smallest absolute Gasteiger partial charge is 0.146 e. The first-order chi connectivity index (χ1) is 5.70. The van der Waals surface area contributed by atoms with Crippen LogP contribution in [0.25, 0.3) is 0 Å². The lowest BCUT2D eigenvalue weighted by Gasteiger charge is -2.17. The van der Waals surface area contributed by atoms with Crippen molar-refractivity contribution in [3.8, 4) is 0 Å². The number of hydrogen-bond donors (Lipinski definition) is 1. The second-order valence-electron chi connectivity index (χ2n) is 3.66. The summed E-state index contributed by atoms with van der Waals surface area (Å²) in [6.45, 7) is 4.18. The van der Waals surface area contributed by atoms with Crippen LogP contribution in [0.4, 0.5) is 0 Å². The van der Waals surface area contributed by atoms with E-state index in [9.17, 15) is 4.79 Å². The number of carbonyl (C=O) groups is 1. The third kappa shape index (κ3) is 1.58. The molecule has 0 aromatic rings. The van der Waals surface area contributed by atoms with Gasteiger partial charge in [-0.1, -0.05) is 12.5 Å². The molecular formula is C10H16O2. The molecule has 0 unspecified atom stereocenters. The number of aliphatic hydroxyl groups excluding tert-OH is 1. The quantitative estimate of drug-likeness (QED) is 0.649. The van der Waals surface area contributed by atoms with E-state index in [4.69, 9.17) is 5.11 Å².